The molecule has 4 rings (SSSR count). The van der Waals surface area contributed by atoms with E-state index in [0.717, 1.165) is 54.3 Å². The Labute approximate surface area is 185 Å². The number of carbonyl (C=O) groups excluding carboxylic acids is 2. The second-order valence-electron chi connectivity index (χ2n) is 7.46. The quantitative estimate of drug-likeness (QED) is 0.450. The third-order valence-electron chi connectivity index (χ3n) is 5.39. The third kappa shape index (κ3) is 4.64. The van der Waals surface area contributed by atoms with Gasteiger partial charge < -0.3 is 14.8 Å². The summed E-state index contributed by atoms with van der Waals surface area (Å²) in [5, 5.41) is 3.82. The Morgan fingerprint density at radius 1 is 1.10 bits per heavy atom. The molecule has 0 atom stereocenters. The molecule has 0 fully saturated rings. The number of hydrogen-bond acceptors (Lipinski definition) is 5. The van der Waals surface area contributed by atoms with Crippen LogP contribution in [-0.4, -0.2) is 30.6 Å². The predicted octanol–water partition coefficient (Wildman–Crippen LogP) is 4.96. The number of pyridine rings is 1. The van der Waals surface area contributed by atoms with Gasteiger partial charge in [0.15, 0.2) is 6.61 Å². The highest BCUT2D eigenvalue weighted by Gasteiger charge is 2.23. The fourth-order valence-corrected chi connectivity index (χ4v) is 4.18. The molecule has 0 radical (unpaired) electrons. The predicted molar refractivity (Wildman–Crippen MR) is 120 cm³/mol. The average Bonchev–Trinajstić information content (AvgIpc) is 3.01. The summed E-state index contributed by atoms with van der Waals surface area (Å²) in [6.07, 6.45) is 4.80. The maximum Gasteiger partial charge on any atom is 0.339 e. The van der Waals surface area contributed by atoms with Crippen LogP contribution in [0.25, 0.3) is 10.9 Å². The number of rotatable bonds is 5. The zero-order chi connectivity index (χ0) is 21.8. The number of amides is 1. The molecule has 1 heterocycles. The Hall–Kier alpha value is -3.12. The first-order chi connectivity index (χ1) is 15.1. The number of anilines is 1. The van der Waals surface area contributed by atoms with E-state index in [0.29, 0.717) is 22.0 Å². The minimum atomic E-state index is -0.500. The van der Waals surface area contributed by atoms with Gasteiger partial charge in [-0.1, -0.05) is 36.2 Å². The van der Waals surface area contributed by atoms with Crippen LogP contribution in [0.5, 0.6) is 5.75 Å². The minimum absolute atomic E-state index is 0.378. The Bertz CT molecular complexity index is 1150. The maximum absolute atomic E-state index is 13.1. The smallest absolute Gasteiger partial charge is 0.339 e. The van der Waals surface area contributed by atoms with Gasteiger partial charge in [-0.25, -0.2) is 4.79 Å². The molecule has 1 N–H and O–H groups in total. The summed E-state index contributed by atoms with van der Waals surface area (Å²) in [7, 11) is 1.52. The van der Waals surface area contributed by atoms with Gasteiger partial charge in [0, 0.05) is 16.8 Å². The normalized spacial score (nSPS) is 13.2. The fourth-order valence-electron chi connectivity index (χ4n) is 3.93. The van der Waals surface area contributed by atoms with Crippen molar-refractivity contribution in [2.45, 2.75) is 32.1 Å². The molecule has 7 heteroatoms. The van der Waals surface area contributed by atoms with Crippen LogP contribution in [0, 0.1) is 0 Å². The molecule has 0 bridgehead atoms. The molecular formula is C24H23ClN2O4. The monoisotopic (exact) mass is 438 g/mol. The number of para-hydroxylation sites is 1. The molecule has 3 aromatic rings. The SMILES string of the molecule is COc1ccc(NC(=O)COC(=O)c2c3c(nc4ccccc24)CCCCC3)cc1Cl. The van der Waals surface area contributed by atoms with Crippen molar-refractivity contribution in [3.05, 3.63) is 64.3 Å². The molecule has 2 aromatic carbocycles. The number of esters is 1. The van der Waals surface area contributed by atoms with Crippen LogP contribution in [0.4, 0.5) is 5.69 Å². The van der Waals surface area contributed by atoms with Crippen LogP contribution in [0.15, 0.2) is 42.5 Å². The average molecular weight is 439 g/mol. The molecule has 1 aliphatic carbocycles. The van der Waals surface area contributed by atoms with Gasteiger partial charge in [0.2, 0.25) is 0 Å². The molecule has 0 spiro atoms. The zero-order valence-electron chi connectivity index (χ0n) is 17.2. The van der Waals surface area contributed by atoms with E-state index in [-0.39, 0.29) is 0 Å². The molecule has 31 heavy (non-hydrogen) atoms. The van der Waals surface area contributed by atoms with Crippen molar-refractivity contribution in [2.24, 2.45) is 0 Å². The van der Waals surface area contributed by atoms with Crippen LogP contribution >= 0.6 is 11.6 Å². The van der Waals surface area contributed by atoms with Crippen molar-refractivity contribution in [1.82, 2.24) is 4.98 Å². The minimum Gasteiger partial charge on any atom is -0.495 e. The van der Waals surface area contributed by atoms with Crippen LogP contribution in [0.1, 0.15) is 40.9 Å². The van der Waals surface area contributed by atoms with E-state index in [1.54, 1.807) is 18.2 Å². The van der Waals surface area contributed by atoms with Crippen molar-refractivity contribution in [1.29, 1.82) is 0 Å². The van der Waals surface area contributed by atoms with E-state index in [1.807, 2.05) is 24.3 Å². The first-order valence-corrected chi connectivity index (χ1v) is 10.7. The molecule has 0 saturated heterocycles. The topological polar surface area (TPSA) is 77.5 Å². The number of aryl methyl sites for hydroxylation is 1. The number of hydrogen-bond donors (Lipinski definition) is 1. The van der Waals surface area contributed by atoms with E-state index in [9.17, 15) is 9.59 Å². The fraction of sp³-hybridized carbons (Fsp3) is 0.292. The molecule has 1 aromatic heterocycles. The second kappa shape index (κ2) is 9.35. The summed E-state index contributed by atoms with van der Waals surface area (Å²) in [4.78, 5) is 30.2. The van der Waals surface area contributed by atoms with Gasteiger partial charge in [0.1, 0.15) is 5.75 Å². The summed E-state index contributed by atoms with van der Waals surface area (Å²) in [5.41, 5.74) is 3.70. The van der Waals surface area contributed by atoms with E-state index in [2.05, 4.69) is 5.32 Å². The lowest BCUT2D eigenvalue weighted by Gasteiger charge is -2.15. The highest BCUT2D eigenvalue weighted by Crippen LogP contribution is 2.30. The van der Waals surface area contributed by atoms with Crippen LogP contribution in [-0.2, 0) is 22.4 Å². The number of nitrogens with one attached hydrogen (secondary N) is 1. The lowest BCUT2D eigenvalue weighted by atomic mass is 9.97. The van der Waals surface area contributed by atoms with Gasteiger partial charge in [-0.05, 0) is 55.5 Å². The number of methoxy groups -OCH3 is 1. The number of ether oxygens (including phenoxy) is 2. The van der Waals surface area contributed by atoms with Gasteiger partial charge in [-0.15, -0.1) is 0 Å². The van der Waals surface area contributed by atoms with Crippen LogP contribution in [0.3, 0.4) is 0 Å². The summed E-state index contributed by atoms with van der Waals surface area (Å²) in [6.45, 7) is -0.395. The molecule has 1 amide bonds. The number of carbonyl (C=O) groups is 2. The lowest BCUT2D eigenvalue weighted by Crippen LogP contribution is -2.22. The Morgan fingerprint density at radius 2 is 1.90 bits per heavy atom. The lowest BCUT2D eigenvalue weighted by molar-refractivity contribution is -0.119. The van der Waals surface area contributed by atoms with Crippen LogP contribution in [0.2, 0.25) is 5.02 Å². The van der Waals surface area contributed by atoms with Crippen molar-refractivity contribution in [2.75, 3.05) is 19.0 Å². The van der Waals surface area contributed by atoms with E-state index in [4.69, 9.17) is 26.1 Å². The number of benzene rings is 2. The van der Waals surface area contributed by atoms with E-state index >= 15 is 0 Å². The third-order valence-corrected chi connectivity index (χ3v) is 5.69. The molecule has 0 aliphatic heterocycles. The zero-order valence-corrected chi connectivity index (χ0v) is 18.0. The van der Waals surface area contributed by atoms with Crippen molar-refractivity contribution in [3.63, 3.8) is 0 Å². The summed E-state index contributed by atoms with van der Waals surface area (Å²) in [5.74, 6) is -0.435. The highest BCUT2D eigenvalue weighted by atomic mass is 35.5. The van der Waals surface area contributed by atoms with Crippen molar-refractivity contribution in [3.8, 4) is 5.75 Å². The Kier molecular flexibility index (Phi) is 6.37. The number of nitrogens with zero attached hydrogens (tertiary/aromatic N) is 1. The second-order valence-corrected chi connectivity index (χ2v) is 7.87. The highest BCUT2D eigenvalue weighted by molar-refractivity contribution is 6.32. The summed E-state index contributed by atoms with van der Waals surface area (Å²) < 4.78 is 10.5. The molecular weight excluding hydrogens is 416 g/mol. The van der Waals surface area contributed by atoms with Gasteiger partial charge in [0.05, 0.1) is 23.2 Å². The van der Waals surface area contributed by atoms with Crippen molar-refractivity contribution < 1.29 is 19.1 Å². The van der Waals surface area contributed by atoms with E-state index in [1.165, 1.54) is 7.11 Å². The van der Waals surface area contributed by atoms with Gasteiger partial charge >= 0.3 is 5.97 Å². The Balaban J connectivity index is 1.53. The molecule has 0 unspecified atom stereocenters. The number of fused-ring (bicyclic) bond motifs is 2. The van der Waals surface area contributed by atoms with Gasteiger partial charge in [-0.3, -0.25) is 9.78 Å². The largest absolute Gasteiger partial charge is 0.495 e. The van der Waals surface area contributed by atoms with E-state index < -0.39 is 18.5 Å². The number of aromatic nitrogens is 1. The first kappa shape index (κ1) is 21.1. The van der Waals surface area contributed by atoms with Crippen molar-refractivity contribution >= 4 is 40.1 Å². The standard InChI is InChI=1S/C24H23ClN2O4/c1-30-21-12-11-15(13-18(21)25)26-22(28)14-31-24(29)23-16-7-3-2-4-9-19(16)27-20-10-6-5-8-17(20)23/h5-6,8,10-13H,2-4,7,9,14H2,1H3,(H,26,28). The molecule has 6 nitrogen and oxygen atoms in total. The van der Waals surface area contributed by atoms with Crippen LogP contribution < -0.4 is 10.1 Å². The maximum atomic E-state index is 13.1. The molecule has 160 valence electrons. The van der Waals surface area contributed by atoms with Gasteiger partial charge in [0.25, 0.3) is 5.91 Å². The summed E-state index contributed by atoms with van der Waals surface area (Å²) >= 11 is 6.09. The molecule has 0 saturated carbocycles. The summed E-state index contributed by atoms with van der Waals surface area (Å²) in [6, 6.07) is 12.5. The number of halogens is 1. The van der Waals surface area contributed by atoms with Gasteiger partial charge in [-0.2, -0.15) is 0 Å². The Morgan fingerprint density at radius 3 is 2.71 bits per heavy atom. The molecule has 1 aliphatic rings. The first-order valence-electron chi connectivity index (χ1n) is 10.3.